The van der Waals surface area contributed by atoms with E-state index in [0.717, 1.165) is 17.5 Å². The molecular weight excluding hydrogens is 380 g/mol. The molecular formula is C22H18N6O2. The highest BCUT2D eigenvalue weighted by Crippen LogP contribution is 2.25. The number of imide groups is 1. The fourth-order valence-electron chi connectivity index (χ4n) is 3.43. The number of hydrogen-bond acceptors (Lipinski definition) is 6. The standard InChI is InChI=1S/C22H18N6O2/c1-2-14-9-6-10-16(11-14)28-22(24-13-23)25-18-17(12-15-7-4-3-5-8-15)20(29)26-21(30)19(18)27-28/h3-11,17H,2,12H2,1H3,(H,26,29,30). The summed E-state index contributed by atoms with van der Waals surface area (Å²) in [5, 5.41) is 16.0. The van der Waals surface area contributed by atoms with Gasteiger partial charge in [0.25, 0.3) is 11.5 Å². The number of aryl methyl sites for hydroxylation is 1. The largest absolute Gasteiger partial charge is 0.290 e. The van der Waals surface area contributed by atoms with Crippen molar-refractivity contribution in [2.45, 2.75) is 25.7 Å². The molecule has 2 aromatic carbocycles. The lowest BCUT2D eigenvalue weighted by atomic mass is 9.91. The van der Waals surface area contributed by atoms with E-state index in [4.69, 9.17) is 5.26 Å². The van der Waals surface area contributed by atoms with Crippen LogP contribution in [0.3, 0.4) is 0 Å². The van der Waals surface area contributed by atoms with Crippen LogP contribution in [0.2, 0.25) is 0 Å². The van der Waals surface area contributed by atoms with Gasteiger partial charge in [-0.05, 0) is 36.1 Å². The quantitative estimate of drug-likeness (QED) is 0.532. The summed E-state index contributed by atoms with van der Waals surface area (Å²) in [6.07, 6.45) is 2.89. The van der Waals surface area contributed by atoms with Crippen LogP contribution in [-0.4, -0.2) is 26.6 Å². The summed E-state index contributed by atoms with van der Waals surface area (Å²) < 4.78 is 1.36. The van der Waals surface area contributed by atoms with E-state index in [1.807, 2.05) is 55.5 Å². The summed E-state index contributed by atoms with van der Waals surface area (Å²) in [5.74, 6) is -1.77. The van der Waals surface area contributed by atoms with Crippen molar-refractivity contribution in [3.8, 4) is 11.9 Å². The Bertz CT molecular complexity index is 1240. The molecule has 1 N–H and O–H groups in total. The molecule has 8 heteroatoms. The van der Waals surface area contributed by atoms with Gasteiger partial charge in [-0.15, -0.1) is 4.99 Å². The zero-order chi connectivity index (χ0) is 21.1. The van der Waals surface area contributed by atoms with E-state index in [2.05, 4.69) is 20.4 Å². The fraction of sp³-hybridized carbons (Fsp3) is 0.182. The van der Waals surface area contributed by atoms with Gasteiger partial charge in [0.1, 0.15) is 0 Å². The average Bonchev–Trinajstić information content (AvgIpc) is 2.77. The third kappa shape index (κ3) is 3.61. The van der Waals surface area contributed by atoms with Crippen LogP contribution in [-0.2, 0) is 17.6 Å². The predicted octanol–water partition coefficient (Wildman–Crippen LogP) is 1.81. The molecule has 0 radical (unpaired) electrons. The van der Waals surface area contributed by atoms with Crippen molar-refractivity contribution < 1.29 is 9.59 Å². The normalized spacial score (nSPS) is 16.0. The Kier molecular flexibility index (Phi) is 5.18. The number of hydrogen-bond donors (Lipinski definition) is 1. The predicted molar refractivity (Wildman–Crippen MR) is 107 cm³/mol. The van der Waals surface area contributed by atoms with Crippen LogP contribution in [0.5, 0.6) is 0 Å². The van der Waals surface area contributed by atoms with Crippen LogP contribution in [0.1, 0.15) is 40.2 Å². The van der Waals surface area contributed by atoms with Gasteiger partial charge < -0.3 is 0 Å². The first-order valence-corrected chi connectivity index (χ1v) is 9.53. The second kappa shape index (κ2) is 8.09. The minimum Gasteiger partial charge on any atom is -0.290 e. The highest BCUT2D eigenvalue weighted by atomic mass is 16.2. The van der Waals surface area contributed by atoms with E-state index >= 15 is 0 Å². The SMILES string of the molecule is CCc1cccc(-n2nc3c(nc2=NC#N)C(Cc2ccccc2)C(=O)NC3=O)c1. The highest BCUT2D eigenvalue weighted by Gasteiger charge is 2.36. The second-order valence-electron chi connectivity index (χ2n) is 6.85. The van der Waals surface area contributed by atoms with Gasteiger partial charge in [-0.2, -0.15) is 15.0 Å². The third-order valence-electron chi connectivity index (χ3n) is 4.95. The Morgan fingerprint density at radius 3 is 2.63 bits per heavy atom. The summed E-state index contributed by atoms with van der Waals surface area (Å²) in [4.78, 5) is 33.3. The first-order chi connectivity index (χ1) is 14.6. The molecule has 2 heterocycles. The van der Waals surface area contributed by atoms with Crippen molar-refractivity contribution in [3.05, 3.63) is 82.7 Å². The van der Waals surface area contributed by atoms with E-state index in [1.54, 1.807) is 12.3 Å². The molecule has 3 aromatic rings. The molecule has 2 amide bonds. The average molecular weight is 398 g/mol. The van der Waals surface area contributed by atoms with Gasteiger partial charge in [-0.3, -0.25) is 14.9 Å². The molecule has 1 aromatic heterocycles. The highest BCUT2D eigenvalue weighted by molar-refractivity contribution is 6.10. The number of nitrogens with zero attached hydrogens (tertiary/aromatic N) is 5. The minimum absolute atomic E-state index is 0.0186. The summed E-state index contributed by atoms with van der Waals surface area (Å²) in [6.45, 7) is 2.02. The molecule has 0 spiro atoms. The monoisotopic (exact) mass is 398 g/mol. The second-order valence-corrected chi connectivity index (χ2v) is 6.85. The van der Waals surface area contributed by atoms with E-state index < -0.39 is 17.7 Å². The molecule has 1 unspecified atom stereocenters. The number of fused-ring (bicyclic) bond motifs is 1. The Balaban J connectivity index is 1.89. The van der Waals surface area contributed by atoms with Crippen LogP contribution < -0.4 is 10.9 Å². The Morgan fingerprint density at radius 1 is 1.13 bits per heavy atom. The molecule has 30 heavy (non-hydrogen) atoms. The number of aromatic nitrogens is 3. The zero-order valence-corrected chi connectivity index (χ0v) is 16.2. The van der Waals surface area contributed by atoms with Crippen molar-refractivity contribution in [1.82, 2.24) is 20.1 Å². The van der Waals surface area contributed by atoms with E-state index in [9.17, 15) is 9.59 Å². The fourth-order valence-corrected chi connectivity index (χ4v) is 3.43. The van der Waals surface area contributed by atoms with Crippen molar-refractivity contribution in [2.24, 2.45) is 4.99 Å². The molecule has 0 saturated carbocycles. The molecule has 1 aliphatic heterocycles. The lowest BCUT2D eigenvalue weighted by Crippen LogP contribution is -2.45. The zero-order valence-electron chi connectivity index (χ0n) is 16.2. The van der Waals surface area contributed by atoms with Gasteiger partial charge in [0.2, 0.25) is 12.1 Å². The molecule has 1 aliphatic rings. The molecule has 4 rings (SSSR count). The maximum Gasteiger partial charge on any atom is 0.280 e. The molecule has 148 valence electrons. The number of carbonyl (C=O) groups is 2. The van der Waals surface area contributed by atoms with Crippen molar-refractivity contribution in [2.75, 3.05) is 0 Å². The molecule has 1 atom stereocenters. The van der Waals surface area contributed by atoms with E-state index in [-0.39, 0.29) is 17.0 Å². The molecule has 0 fully saturated rings. The number of benzene rings is 2. The smallest absolute Gasteiger partial charge is 0.280 e. The van der Waals surface area contributed by atoms with Gasteiger partial charge >= 0.3 is 0 Å². The third-order valence-corrected chi connectivity index (χ3v) is 4.95. The number of nitrogens with one attached hydrogen (secondary N) is 1. The maximum absolute atomic E-state index is 12.6. The first kappa shape index (κ1) is 19.2. The topological polar surface area (TPSA) is 113 Å². The van der Waals surface area contributed by atoms with Crippen molar-refractivity contribution in [1.29, 1.82) is 5.26 Å². The van der Waals surface area contributed by atoms with Crippen LogP contribution in [0.25, 0.3) is 5.69 Å². The summed E-state index contributed by atoms with van der Waals surface area (Å²) in [5.41, 5.74) is 2.90. The van der Waals surface area contributed by atoms with Crippen molar-refractivity contribution >= 4 is 11.8 Å². The van der Waals surface area contributed by atoms with Gasteiger partial charge in [0, 0.05) is 0 Å². The molecule has 8 nitrogen and oxygen atoms in total. The summed E-state index contributed by atoms with van der Waals surface area (Å²) >= 11 is 0. The molecule has 0 saturated heterocycles. The molecule has 0 bridgehead atoms. The van der Waals surface area contributed by atoms with Gasteiger partial charge in [-0.1, -0.05) is 49.4 Å². The van der Waals surface area contributed by atoms with Crippen molar-refractivity contribution in [3.63, 3.8) is 0 Å². The summed E-state index contributed by atoms with van der Waals surface area (Å²) in [6, 6.07) is 17.0. The minimum atomic E-state index is -0.711. The first-order valence-electron chi connectivity index (χ1n) is 9.53. The lowest BCUT2D eigenvalue weighted by molar-refractivity contribution is -0.122. The Hall–Kier alpha value is -4.12. The van der Waals surface area contributed by atoms with Gasteiger partial charge in [0.05, 0.1) is 17.3 Å². The number of rotatable bonds is 4. The number of nitriles is 1. The van der Waals surface area contributed by atoms with Gasteiger partial charge in [0.15, 0.2) is 5.69 Å². The van der Waals surface area contributed by atoms with E-state index in [0.29, 0.717) is 12.1 Å². The number of amides is 2. The van der Waals surface area contributed by atoms with Crippen LogP contribution >= 0.6 is 0 Å². The lowest BCUT2D eigenvalue weighted by Gasteiger charge is -2.23. The molecule has 0 aliphatic carbocycles. The van der Waals surface area contributed by atoms with Crippen LogP contribution in [0.4, 0.5) is 0 Å². The van der Waals surface area contributed by atoms with E-state index in [1.165, 1.54) is 4.68 Å². The number of carbonyl (C=O) groups excluding carboxylic acids is 2. The van der Waals surface area contributed by atoms with Crippen LogP contribution in [0.15, 0.2) is 59.6 Å². The van der Waals surface area contributed by atoms with Crippen LogP contribution in [0, 0.1) is 11.5 Å². The Morgan fingerprint density at radius 2 is 1.90 bits per heavy atom. The maximum atomic E-state index is 12.6. The Labute approximate surface area is 172 Å². The summed E-state index contributed by atoms with van der Waals surface area (Å²) in [7, 11) is 0. The van der Waals surface area contributed by atoms with Gasteiger partial charge in [-0.25, -0.2) is 4.98 Å².